The number of hydrogen-bond acceptors (Lipinski definition) is 4. The molecule has 3 heterocycles. The molecule has 1 saturated heterocycles. The summed E-state index contributed by atoms with van der Waals surface area (Å²) in [4.78, 5) is 29.1. The fourth-order valence-electron chi connectivity index (χ4n) is 3.83. The lowest BCUT2D eigenvalue weighted by Gasteiger charge is -2.35. The lowest BCUT2D eigenvalue weighted by molar-refractivity contribution is 0.0740. The van der Waals surface area contributed by atoms with Crippen LogP contribution in [0.3, 0.4) is 0 Å². The smallest absolute Gasteiger partial charge is 0.410 e. The molecule has 0 spiro atoms. The molecule has 6 heteroatoms. The number of benzene rings is 1. The molecule has 2 atom stereocenters. The number of ether oxygens (including phenoxy) is 1. The summed E-state index contributed by atoms with van der Waals surface area (Å²) in [5.41, 5.74) is 2.37. The average molecular weight is 335 g/mol. The summed E-state index contributed by atoms with van der Waals surface area (Å²) in [5, 5.41) is 9.10. The Morgan fingerprint density at radius 3 is 2.88 bits per heavy atom. The third-order valence-corrected chi connectivity index (χ3v) is 5.00. The minimum absolute atomic E-state index is 0.0318. The van der Waals surface area contributed by atoms with Crippen LogP contribution in [0.5, 0.6) is 0 Å². The second kappa shape index (κ2) is 6.10. The van der Waals surface area contributed by atoms with Gasteiger partial charge in [-0.05, 0) is 30.0 Å². The Morgan fingerprint density at radius 2 is 2.12 bits per heavy atom. The Balaban J connectivity index is 1.57. The number of pyridine rings is 1. The quantitative estimate of drug-likeness (QED) is 0.914. The van der Waals surface area contributed by atoms with Crippen LogP contribution >= 0.6 is 0 Å². The van der Waals surface area contributed by atoms with Crippen molar-refractivity contribution in [3.05, 3.63) is 69.1 Å². The van der Waals surface area contributed by atoms with Gasteiger partial charge in [0, 0.05) is 18.2 Å². The van der Waals surface area contributed by atoms with Gasteiger partial charge in [-0.25, -0.2) is 4.79 Å². The topological polar surface area (TPSA) is 86.2 Å². The van der Waals surface area contributed by atoms with Gasteiger partial charge in [-0.3, -0.25) is 9.69 Å². The zero-order valence-corrected chi connectivity index (χ0v) is 13.6. The molecule has 0 radical (unpaired) electrons. The van der Waals surface area contributed by atoms with Gasteiger partial charge in [-0.1, -0.05) is 30.3 Å². The summed E-state index contributed by atoms with van der Waals surface area (Å²) >= 11 is 0. The zero-order chi connectivity index (χ0) is 17.4. The molecular formula is C19H17N3O3. The molecule has 25 heavy (non-hydrogen) atoms. The van der Waals surface area contributed by atoms with Gasteiger partial charge in [-0.2, -0.15) is 5.26 Å². The zero-order valence-electron chi connectivity index (χ0n) is 13.6. The molecule has 2 aliphatic heterocycles. The second-order valence-corrected chi connectivity index (χ2v) is 6.46. The van der Waals surface area contributed by atoms with Crippen LogP contribution in [-0.2, 0) is 17.8 Å². The molecule has 6 nitrogen and oxygen atoms in total. The van der Waals surface area contributed by atoms with Crippen molar-refractivity contribution in [2.24, 2.45) is 0 Å². The fraction of sp³-hybridized carbons (Fsp3) is 0.316. The van der Waals surface area contributed by atoms with Crippen LogP contribution < -0.4 is 5.56 Å². The number of fused-ring (bicyclic) bond motifs is 4. The first-order valence-corrected chi connectivity index (χ1v) is 8.32. The highest BCUT2D eigenvalue weighted by atomic mass is 16.6. The van der Waals surface area contributed by atoms with Crippen LogP contribution in [0.25, 0.3) is 0 Å². The molecule has 2 bridgehead atoms. The van der Waals surface area contributed by atoms with E-state index in [1.165, 1.54) is 0 Å². The van der Waals surface area contributed by atoms with E-state index in [0.29, 0.717) is 6.42 Å². The van der Waals surface area contributed by atoms with Gasteiger partial charge in [-0.15, -0.1) is 0 Å². The molecule has 4 rings (SSSR count). The van der Waals surface area contributed by atoms with Crippen LogP contribution in [0.15, 0.2) is 41.2 Å². The normalized spacial score (nSPS) is 20.7. The number of hydrogen-bond donors (Lipinski definition) is 1. The van der Waals surface area contributed by atoms with Crippen LogP contribution in [0.4, 0.5) is 4.79 Å². The number of amides is 1. The van der Waals surface area contributed by atoms with Gasteiger partial charge in [0.15, 0.2) is 0 Å². The largest absolute Gasteiger partial charge is 0.445 e. The van der Waals surface area contributed by atoms with Crippen molar-refractivity contribution in [1.29, 1.82) is 5.26 Å². The molecule has 2 aromatic rings. The highest BCUT2D eigenvalue weighted by molar-refractivity contribution is 5.70. The minimum Gasteiger partial charge on any atom is -0.445 e. The first-order chi connectivity index (χ1) is 12.2. The van der Waals surface area contributed by atoms with E-state index < -0.39 is 0 Å². The van der Waals surface area contributed by atoms with Crippen LogP contribution in [0, 0.1) is 11.3 Å². The molecule has 1 fully saturated rings. The molecule has 1 amide bonds. The predicted molar refractivity (Wildman–Crippen MR) is 89.7 cm³/mol. The van der Waals surface area contributed by atoms with E-state index in [1.54, 1.807) is 11.0 Å². The Kier molecular flexibility index (Phi) is 3.77. The van der Waals surface area contributed by atoms with Crippen molar-refractivity contribution >= 4 is 6.09 Å². The highest BCUT2D eigenvalue weighted by Gasteiger charge is 2.44. The van der Waals surface area contributed by atoms with E-state index >= 15 is 0 Å². The number of nitriles is 1. The second-order valence-electron chi connectivity index (χ2n) is 6.46. The van der Waals surface area contributed by atoms with E-state index in [9.17, 15) is 9.59 Å². The Labute approximate surface area is 144 Å². The average Bonchev–Trinajstić information content (AvgIpc) is 2.96. The van der Waals surface area contributed by atoms with E-state index in [0.717, 1.165) is 29.7 Å². The molecule has 126 valence electrons. The Bertz CT molecular complexity index is 914. The standard InChI is InChI=1S/C19H17N3O3/c20-10-13-8-15-16(21-18(13)23)9-14-6-7-17(15)22(14)19(24)25-11-12-4-2-1-3-5-12/h1-5,8,14,17H,6-7,9,11H2,(H,21,23). The first-order valence-electron chi connectivity index (χ1n) is 8.32. The number of H-pyrrole nitrogens is 1. The van der Waals surface area contributed by atoms with Crippen LogP contribution in [-0.4, -0.2) is 22.0 Å². The van der Waals surface area contributed by atoms with Crippen molar-refractivity contribution in [2.75, 3.05) is 0 Å². The van der Waals surface area contributed by atoms with E-state index in [2.05, 4.69) is 4.98 Å². The minimum atomic E-state index is -0.360. The number of aromatic nitrogens is 1. The number of carbonyl (C=O) groups is 1. The van der Waals surface area contributed by atoms with Gasteiger partial charge < -0.3 is 9.72 Å². The number of aromatic amines is 1. The summed E-state index contributed by atoms with van der Waals surface area (Å²) in [6, 6.07) is 13.0. The van der Waals surface area contributed by atoms with Gasteiger partial charge >= 0.3 is 6.09 Å². The molecule has 0 saturated carbocycles. The summed E-state index contributed by atoms with van der Waals surface area (Å²) in [6.45, 7) is 0.234. The van der Waals surface area contributed by atoms with Gasteiger partial charge in [0.05, 0.1) is 6.04 Å². The van der Waals surface area contributed by atoms with Crippen molar-refractivity contribution in [3.63, 3.8) is 0 Å². The summed E-state index contributed by atoms with van der Waals surface area (Å²) in [5.74, 6) is 0. The van der Waals surface area contributed by atoms with Gasteiger partial charge in [0.1, 0.15) is 18.2 Å². The maximum absolute atomic E-state index is 12.6. The maximum atomic E-state index is 12.6. The van der Waals surface area contributed by atoms with Gasteiger partial charge in [0.2, 0.25) is 0 Å². The van der Waals surface area contributed by atoms with Crippen molar-refractivity contribution in [3.8, 4) is 6.07 Å². The molecule has 1 aromatic heterocycles. The Morgan fingerprint density at radius 1 is 1.32 bits per heavy atom. The van der Waals surface area contributed by atoms with E-state index in [-0.39, 0.29) is 35.9 Å². The maximum Gasteiger partial charge on any atom is 0.410 e. The lowest BCUT2D eigenvalue weighted by Crippen LogP contribution is -2.43. The molecule has 2 aliphatic rings. The fourth-order valence-corrected chi connectivity index (χ4v) is 3.83. The Hall–Kier alpha value is -3.07. The summed E-state index contributed by atoms with van der Waals surface area (Å²) in [6.07, 6.45) is 1.93. The first kappa shape index (κ1) is 15.5. The number of carbonyl (C=O) groups excluding carboxylic acids is 1. The lowest BCUT2D eigenvalue weighted by atomic mass is 9.97. The third kappa shape index (κ3) is 2.68. The van der Waals surface area contributed by atoms with Crippen molar-refractivity contribution in [2.45, 2.75) is 38.0 Å². The predicted octanol–water partition coefficient (Wildman–Crippen LogP) is 2.64. The number of rotatable bonds is 2. The van der Waals surface area contributed by atoms with Crippen molar-refractivity contribution < 1.29 is 9.53 Å². The summed E-state index contributed by atoms with van der Waals surface area (Å²) in [7, 11) is 0. The molecular weight excluding hydrogens is 318 g/mol. The summed E-state index contributed by atoms with van der Waals surface area (Å²) < 4.78 is 5.49. The monoisotopic (exact) mass is 335 g/mol. The van der Waals surface area contributed by atoms with Gasteiger partial charge in [0.25, 0.3) is 5.56 Å². The molecule has 1 aromatic carbocycles. The number of nitrogens with one attached hydrogen (secondary N) is 1. The van der Waals surface area contributed by atoms with E-state index in [4.69, 9.17) is 10.00 Å². The van der Waals surface area contributed by atoms with Crippen LogP contribution in [0.1, 0.15) is 41.3 Å². The highest BCUT2D eigenvalue weighted by Crippen LogP contribution is 2.43. The number of nitrogens with zero attached hydrogens (tertiary/aromatic N) is 2. The SMILES string of the molecule is N#Cc1cc2c([nH]c1=O)CC1CCC2N1C(=O)OCc1ccccc1. The molecule has 1 N–H and O–H groups in total. The molecule has 2 unspecified atom stereocenters. The van der Waals surface area contributed by atoms with E-state index in [1.807, 2.05) is 36.4 Å². The third-order valence-electron chi connectivity index (χ3n) is 5.00. The van der Waals surface area contributed by atoms with Crippen LogP contribution in [0.2, 0.25) is 0 Å². The van der Waals surface area contributed by atoms with Crippen molar-refractivity contribution in [1.82, 2.24) is 9.88 Å². The molecule has 0 aliphatic carbocycles.